The maximum Gasteiger partial charge on any atom is 0.276 e. The second-order valence-electron chi connectivity index (χ2n) is 5.87. The molecule has 0 atom stereocenters. The van der Waals surface area contributed by atoms with Crippen molar-refractivity contribution < 1.29 is 0 Å². The molecular weight excluding hydrogens is 252 g/mol. The lowest BCUT2D eigenvalue weighted by Crippen LogP contribution is -2.21. The summed E-state index contributed by atoms with van der Waals surface area (Å²) in [6.07, 6.45) is 6.28. The van der Waals surface area contributed by atoms with Crippen LogP contribution in [0.2, 0.25) is 0 Å². The van der Waals surface area contributed by atoms with Gasteiger partial charge in [-0.1, -0.05) is 6.42 Å². The van der Waals surface area contributed by atoms with Crippen molar-refractivity contribution in [3.05, 3.63) is 34.5 Å². The van der Waals surface area contributed by atoms with Gasteiger partial charge in [0.2, 0.25) is 0 Å². The average Bonchev–Trinajstić information content (AvgIpc) is 2.78. The van der Waals surface area contributed by atoms with Gasteiger partial charge in [0.1, 0.15) is 5.52 Å². The van der Waals surface area contributed by atoms with E-state index in [4.69, 9.17) is 5.26 Å². The lowest BCUT2D eigenvalue weighted by molar-refractivity contribution is 0.415. The average molecular weight is 272 g/mol. The molecular formula is C15H20N4O. The number of fused-ring (bicyclic) bond motifs is 1. The summed E-state index contributed by atoms with van der Waals surface area (Å²) in [5.41, 5.74) is 1.17. The first-order valence-corrected chi connectivity index (χ1v) is 6.90. The van der Waals surface area contributed by atoms with Crippen molar-refractivity contribution >= 4 is 5.52 Å². The first-order valence-electron chi connectivity index (χ1n) is 6.90. The van der Waals surface area contributed by atoms with Crippen molar-refractivity contribution in [3.63, 3.8) is 0 Å². The predicted octanol–water partition coefficient (Wildman–Crippen LogP) is 2.52. The maximum atomic E-state index is 12.2. The molecule has 0 N–H and O–H groups in total. The van der Waals surface area contributed by atoms with Crippen LogP contribution in [-0.4, -0.2) is 14.2 Å². The van der Waals surface area contributed by atoms with E-state index in [0.717, 1.165) is 25.0 Å². The number of unbranched alkanes of at least 4 members (excludes halogenated alkanes) is 1. The highest BCUT2D eigenvalue weighted by atomic mass is 16.1. The first-order chi connectivity index (χ1) is 9.43. The second-order valence-corrected chi connectivity index (χ2v) is 5.87. The third-order valence-corrected chi connectivity index (χ3v) is 3.48. The van der Waals surface area contributed by atoms with Gasteiger partial charge in [-0.25, -0.2) is 4.52 Å². The van der Waals surface area contributed by atoms with Crippen LogP contribution in [-0.2, 0) is 6.54 Å². The van der Waals surface area contributed by atoms with E-state index < -0.39 is 0 Å². The molecule has 5 heteroatoms. The molecule has 0 spiro atoms. The Kier molecular flexibility index (Phi) is 3.93. The van der Waals surface area contributed by atoms with Crippen LogP contribution >= 0.6 is 0 Å². The normalized spacial score (nSPS) is 11.7. The van der Waals surface area contributed by atoms with E-state index in [1.54, 1.807) is 21.3 Å². The standard InChI is InChI=1S/C15H20N4O/c1-12-10-13-14(20)18(8-9-19(13)17-12)7-5-4-6-15(2,3)11-16/h8-10H,4-7H2,1-3H3. The SMILES string of the molecule is Cc1cc2c(=O)n(CCCCC(C)(C)C#N)ccn2n1. The summed E-state index contributed by atoms with van der Waals surface area (Å²) in [6, 6.07) is 4.10. The Morgan fingerprint density at radius 3 is 2.80 bits per heavy atom. The highest BCUT2D eigenvalue weighted by molar-refractivity contribution is 5.44. The van der Waals surface area contributed by atoms with E-state index >= 15 is 0 Å². The van der Waals surface area contributed by atoms with Gasteiger partial charge in [0, 0.05) is 18.9 Å². The van der Waals surface area contributed by atoms with Crippen molar-refractivity contribution in [2.24, 2.45) is 5.41 Å². The Morgan fingerprint density at radius 2 is 2.10 bits per heavy atom. The molecule has 106 valence electrons. The third-order valence-electron chi connectivity index (χ3n) is 3.48. The van der Waals surface area contributed by atoms with Gasteiger partial charge in [0.05, 0.1) is 17.2 Å². The van der Waals surface area contributed by atoms with Crippen LogP contribution < -0.4 is 5.56 Å². The summed E-state index contributed by atoms with van der Waals surface area (Å²) in [5, 5.41) is 13.2. The molecule has 0 bridgehead atoms. The molecule has 0 aliphatic carbocycles. The quantitative estimate of drug-likeness (QED) is 0.786. The van der Waals surface area contributed by atoms with Gasteiger partial charge in [-0.3, -0.25) is 4.79 Å². The minimum absolute atomic E-state index is 0.00681. The third kappa shape index (κ3) is 3.08. The minimum Gasteiger partial charge on any atom is -0.312 e. The van der Waals surface area contributed by atoms with Crippen LogP contribution in [0.4, 0.5) is 0 Å². The zero-order chi connectivity index (χ0) is 14.8. The second kappa shape index (κ2) is 5.49. The molecule has 20 heavy (non-hydrogen) atoms. The van der Waals surface area contributed by atoms with Gasteiger partial charge in [0.15, 0.2) is 0 Å². The summed E-state index contributed by atoms with van der Waals surface area (Å²) in [4.78, 5) is 12.2. The van der Waals surface area contributed by atoms with Crippen molar-refractivity contribution in [3.8, 4) is 6.07 Å². The molecule has 0 fully saturated rings. The van der Waals surface area contributed by atoms with Crippen molar-refractivity contribution in [2.75, 3.05) is 0 Å². The van der Waals surface area contributed by atoms with Crippen LogP contribution in [0.3, 0.4) is 0 Å². The van der Waals surface area contributed by atoms with E-state index in [1.165, 1.54) is 0 Å². The van der Waals surface area contributed by atoms with E-state index in [9.17, 15) is 4.79 Å². The Morgan fingerprint density at radius 1 is 1.35 bits per heavy atom. The molecule has 2 aromatic rings. The van der Waals surface area contributed by atoms with Crippen LogP contribution in [0.15, 0.2) is 23.3 Å². The Balaban J connectivity index is 2.02. The van der Waals surface area contributed by atoms with E-state index in [0.29, 0.717) is 12.1 Å². The molecule has 0 unspecified atom stereocenters. The summed E-state index contributed by atoms with van der Waals surface area (Å²) >= 11 is 0. The topological polar surface area (TPSA) is 63.1 Å². The van der Waals surface area contributed by atoms with Crippen molar-refractivity contribution in [1.29, 1.82) is 5.26 Å². The van der Waals surface area contributed by atoms with E-state index in [2.05, 4.69) is 11.2 Å². The molecule has 0 saturated carbocycles. The van der Waals surface area contributed by atoms with Crippen LogP contribution in [0.5, 0.6) is 0 Å². The van der Waals surface area contributed by atoms with Gasteiger partial charge >= 0.3 is 0 Å². The predicted molar refractivity (Wildman–Crippen MR) is 77.4 cm³/mol. The van der Waals surface area contributed by atoms with Crippen molar-refractivity contribution in [1.82, 2.24) is 14.2 Å². The highest BCUT2D eigenvalue weighted by Gasteiger charge is 2.15. The molecule has 0 aliphatic heterocycles. The highest BCUT2D eigenvalue weighted by Crippen LogP contribution is 2.21. The van der Waals surface area contributed by atoms with Crippen LogP contribution in [0.25, 0.3) is 5.52 Å². The molecule has 0 aliphatic rings. The molecule has 2 aromatic heterocycles. The number of aromatic nitrogens is 3. The number of nitriles is 1. The molecule has 0 radical (unpaired) electrons. The van der Waals surface area contributed by atoms with Gasteiger partial charge in [-0.2, -0.15) is 10.4 Å². The number of nitrogens with zero attached hydrogens (tertiary/aromatic N) is 4. The molecule has 0 amide bonds. The number of hydrogen-bond acceptors (Lipinski definition) is 3. The van der Waals surface area contributed by atoms with Crippen LogP contribution in [0.1, 0.15) is 38.8 Å². The smallest absolute Gasteiger partial charge is 0.276 e. The van der Waals surface area contributed by atoms with E-state index in [-0.39, 0.29) is 11.0 Å². The fourth-order valence-electron chi connectivity index (χ4n) is 2.23. The fraction of sp³-hybridized carbons (Fsp3) is 0.533. The van der Waals surface area contributed by atoms with Gasteiger partial charge in [0.25, 0.3) is 5.56 Å². The number of rotatable bonds is 5. The molecule has 0 saturated heterocycles. The Hall–Kier alpha value is -2.09. The van der Waals surface area contributed by atoms with Gasteiger partial charge < -0.3 is 4.57 Å². The van der Waals surface area contributed by atoms with E-state index in [1.807, 2.05) is 27.0 Å². The van der Waals surface area contributed by atoms with Gasteiger partial charge in [-0.05, 0) is 39.7 Å². The molecule has 5 nitrogen and oxygen atoms in total. The van der Waals surface area contributed by atoms with Gasteiger partial charge in [-0.15, -0.1) is 0 Å². The van der Waals surface area contributed by atoms with Crippen LogP contribution in [0, 0.1) is 23.7 Å². The maximum absolute atomic E-state index is 12.2. The fourth-order valence-corrected chi connectivity index (χ4v) is 2.23. The zero-order valence-electron chi connectivity index (χ0n) is 12.3. The number of hydrogen-bond donors (Lipinski definition) is 0. The summed E-state index contributed by atoms with van der Waals surface area (Å²) in [6.45, 7) is 6.45. The summed E-state index contributed by atoms with van der Waals surface area (Å²) < 4.78 is 3.34. The zero-order valence-corrected chi connectivity index (χ0v) is 12.3. The Labute approximate surface area is 118 Å². The summed E-state index contributed by atoms with van der Waals surface area (Å²) in [5.74, 6) is 0. The van der Waals surface area contributed by atoms with Crippen molar-refractivity contribution in [2.45, 2.75) is 46.6 Å². The largest absolute Gasteiger partial charge is 0.312 e. The Bertz CT molecular complexity index is 703. The molecule has 0 aromatic carbocycles. The molecule has 2 rings (SSSR count). The lowest BCUT2D eigenvalue weighted by Gasteiger charge is -2.14. The monoisotopic (exact) mass is 272 g/mol. The lowest BCUT2D eigenvalue weighted by atomic mass is 9.89. The number of aryl methyl sites for hydroxylation is 2. The molecule has 2 heterocycles. The summed E-state index contributed by atoms with van der Waals surface area (Å²) in [7, 11) is 0. The minimum atomic E-state index is -0.280. The first kappa shape index (κ1) is 14.3.